The fraction of sp³-hybridized carbons (Fsp3) is 0.231. The summed E-state index contributed by atoms with van der Waals surface area (Å²) >= 11 is 1.80. The van der Waals surface area contributed by atoms with Gasteiger partial charge >= 0.3 is 0 Å². The van der Waals surface area contributed by atoms with Crippen LogP contribution in [0.1, 0.15) is 16.0 Å². The minimum atomic E-state index is 0.485. The number of nitrogens with zero attached hydrogens (tertiary/aromatic N) is 3. The van der Waals surface area contributed by atoms with Crippen molar-refractivity contribution in [3.05, 3.63) is 39.7 Å². The lowest BCUT2D eigenvalue weighted by Gasteiger charge is -2.29. The molecule has 0 atom stereocenters. The molecule has 90 valence electrons. The molecule has 5 heteroatoms. The highest BCUT2D eigenvalue weighted by Crippen LogP contribution is 2.30. The largest absolute Gasteiger partial charge is 0.395 e. The predicted octanol–water partition coefficient (Wildman–Crippen LogP) is 2.16. The smallest absolute Gasteiger partial charge is 0.153 e. The van der Waals surface area contributed by atoms with Gasteiger partial charge in [-0.05, 0) is 29.5 Å². The minimum Gasteiger partial charge on any atom is -0.395 e. The predicted molar refractivity (Wildman–Crippen MR) is 72.4 cm³/mol. The molecule has 1 aliphatic rings. The molecule has 0 amide bonds. The maximum absolute atomic E-state index is 8.99. The number of nitrogens with two attached hydrogens (primary N) is 1. The van der Waals surface area contributed by atoms with Crippen LogP contribution in [0.4, 0.5) is 11.5 Å². The van der Waals surface area contributed by atoms with E-state index in [0.29, 0.717) is 11.3 Å². The summed E-state index contributed by atoms with van der Waals surface area (Å²) in [6.45, 7) is 1.73. The Morgan fingerprint density at radius 2 is 2.33 bits per heavy atom. The van der Waals surface area contributed by atoms with Gasteiger partial charge in [-0.2, -0.15) is 5.26 Å². The van der Waals surface area contributed by atoms with Gasteiger partial charge in [0.15, 0.2) is 5.82 Å². The Hall–Kier alpha value is -2.06. The second-order valence-electron chi connectivity index (χ2n) is 4.25. The van der Waals surface area contributed by atoms with Crippen LogP contribution in [0.2, 0.25) is 0 Å². The number of fused-ring (bicyclic) bond motifs is 1. The molecule has 0 radical (unpaired) electrons. The molecule has 18 heavy (non-hydrogen) atoms. The lowest BCUT2D eigenvalue weighted by atomic mass is 10.1. The quantitative estimate of drug-likeness (QED) is 0.849. The van der Waals surface area contributed by atoms with Crippen molar-refractivity contribution in [1.29, 1.82) is 5.26 Å². The Kier molecular flexibility index (Phi) is 2.65. The van der Waals surface area contributed by atoms with E-state index in [0.717, 1.165) is 25.3 Å². The molecule has 2 N–H and O–H groups in total. The number of nitriles is 1. The third-order valence-electron chi connectivity index (χ3n) is 3.20. The average molecular weight is 256 g/mol. The van der Waals surface area contributed by atoms with E-state index in [1.54, 1.807) is 23.6 Å². The molecule has 4 nitrogen and oxygen atoms in total. The number of thiophene rings is 1. The van der Waals surface area contributed by atoms with Crippen LogP contribution < -0.4 is 10.6 Å². The Bertz CT molecular complexity index is 626. The van der Waals surface area contributed by atoms with Crippen LogP contribution in [0.25, 0.3) is 0 Å². The van der Waals surface area contributed by atoms with Gasteiger partial charge in [0.25, 0.3) is 0 Å². The fourth-order valence-corrected chi connectivity index (χ4v) is 3.13. The second kappa shape index (κ2) is 4.31. The highest BCUT2D eigenvalue weighted by molar-refractivity contribution is 7.10. The van der Waals surface area contributed by atoms with E-state index >= 15 is 0 Å². The minimum absolute atomic E-state index is 0.485. The molecule has 0 fully saturated rings. The summed E-state index contributed by atoms with van der Waals surface area (Å²) in [6, 6.07) is 5.90. The topological polar surface area (TPSA) is 65.9 Å². The SMILES string of the molecule is N#Cc1ccnc(N2CCc3sccc3C2)c1N. The molecule has 2 aromatic rings. The summed E-state index contributed by atoms with van der Waals surface area (Å²) in [5.74, 6) is 0.728. The van der Waals surface area contributed by atoms with E-state index < -0.39 is 0 Å². The highest BCUT2D eigenvalue weighted by atomic mass is 32.1. The standard InChI is InChI=1S/C13H12N4S/c14-7-9-1-4-16-13(12(9)15)17-5-2-11-10(8-17)3-6-18-11/h1,3-4,6H,2,5,8,15H2. The van der Waals surface area contributed by atoms with Gasteiger partial charge in [-0.15, -0.1) is 11.3 Å². The molecule has 1 aliphatic heterocycles. The Balaban J connectivity index is 1.96. The molecule has 2 aromatic heterocycles. The van der Waals surface area contributed by atoms with Crippen molar-refractivity contribution in [1.82, 2.24) is 4.98 Å². The first kappa shape index (κ1) is 11.1. The normalized spacial score (nSPS) is 14.1. The van der Waals surface area contributed by atoms with E-state index in [1.807, 2.05) is 0 Å². The van der Waals surface area contributed by atoms with Crippen molar-refractivity contribution in [3.8, 4) is 6.07 Å². The number of rotatable bonds is 1. The first-order valence-electron chi connectivity index (χ1n) is 5.74. The van der Waals surface area contributed by atoms with Crippen molar-refractivity contribution in [2.75, 3.05) is 17.2 Å². The van der Waals surface area contributed by atoms with Crippen molar-refractivity contribution < 1.29 is 0 Å². The second-order valence-corrected chi connectivity index (χ2v) is 5.25. The molecule has 0 aliphatic carbocycles. The van der Waals surface area contributed by atoms with Crippen LogP contribution in [0.3, 0.4) is 0 Å². The molecule has 0 saturated carbocycles. The molecule has 0 spiro atoms. The van der Waals surface area contributed by atoms with E-state index in [1.165, 1.54) is 10.4 Å². The zero-order valence-corrected chi connectivity index (χ0v) is 10.6. The van der Waals surface area contributed by atoms with Crippen LogP contribution in [-0.4, -0.2) is 11.5 Å². The van der Waals surface area contributed by atoms with Crippen molar-refractivity contribution in [2.45, 2.75) is 13.0 Å². The first-order valence-corrected chi connectivity index (χ1v) is 6.62. The highest BCUT2D eigenvalue weighted by Gasteiger charge is 2.20. The Morgan fingerprint density at radius 1 is 1.44 bits per heavy atom. The number of pyridine rings is 1. The summed E-state index contributed by atoms with van der Waals surface area (Å²) < 4.78 is 0. The fourth-order valence-electron chi connectivity index (χ4n) is 2.24. The molecule has 3 heterocycles. The summed E-state index contributed by atoms with van der Waals surface area (Å²) in [5, 5.41) is 11.1. The lowest BCUT2D eigenvalue weighted by molar-refractivity contribution is 0.733. The molecule has 0 bridgehead atoms. The summed E-state index contributed by atoms with van der Waals surface area (Å²) in [5.41, 5.74) is 8.32. The number of nitrogen functional groups attached to an aromatic ring is 1. The van der Waals surface area contributed by atoms with Gasteiger partial charge in [0.05, 0.1) is 11.3 Å². The van der Waals surface area contributed by atoms with Gasteiger partial charge in [0.2, 0.25) is 0 Å². The number of aromatic nitrogens is 1. The zero-order valence-electron chi connectivity index (χ0n) is 9.76. The summed E-state index contributed by atoms with van der Waals surface area (Å²) in [6.07, 6.45) is 2.66. The maximum Gasteiger partial charge on any atom is 0.153 e. The molecule has 0 unspecified atom stereocenters. The maximum atomic E-state index is 8.99. The van der Waals surface area contributed by atoms with Gasteiger partial charge in [-0.1, -0.05) is 0 Å². The van der Waals surface area contributed by atoms with Crippen molar-refractivity contribution >= 4 is 22.8 Å². The number of anilines is 2. The monoisotopic (exact) mass is 256 g/mol. The number of hydrogen-bond acceptors (Lipinski definition) is 5. The van der Waals surface area contributed by atoms with Crippen molar-refractivity contribution in [3.63, 3.8) is 0 Å². The van der Waals surface area contributed by atoms with Crippen LogP contribution in [0, 0.1) is 11.3 Å². The molecular formula is C13H12N4S. The third-order valence-corrected chi connectivity index (χ3v) is 4.22. The molecule has 0 saturated heterocycles. The van der Waals surface area contributed by atoms with Gasteiger partial charge in [-0.25, -0.2) is 4.98 Å². The van der Waals surface area contributed by atoms with E-state index in [2.05, 4.69) is 27.4 Å². The first-order chi connectivity index (χ1) is 8.79. The van der Waals surface area contributed by atoms with Crippen LogP contribution in [0.5, 0.6) is 0 Å². The summed E-state index contributed by atoms with van der Waals surface area (Å²) in [4.78, 5) is 7.91. The number of hydrogen-bond donors (Lipinski definition) is 1. The van der Waals surface area contributed by atoms with Crippen LogP contribution in [0.15, 0.2) is 23.7 Å². The van der Waals surface area contributed by atoms with E-state index in [4.69, 9.17) is 11.0 Å². The molecule has 0 aromatic carbocycles. The van der Waals surface area contributed by atoms with Gasteiger partial charge in [0, 0.05) is 24.2 Å². The third kappa shape index (κ3) is 1.71. The van der Waals surface area contributed by atoms with E-state index in [-0.39, 0.29) is 0 Å². The van der Waals surface area contributed by atoms with Gasteiger partial charge in [0.1, 0.15) is 6.07 Å². The Morgan fingerprint density at radius 3 is 3.17 bits per heavy atom. The lowest BCUT2D eigenvalue weighted by Crippen LogP contribution is -2.30. The molecular weight excluding hydrogens is 244 g/mol. The zero-order chi connectivity index (χ0) is 12.5. The average Bonchev–Trinajstić information content (AvgIpc) is 2.86. The molecule has 3 rings (SSSR count). The van der Waals surface area contributed by atoms with Crippen LogP contribution in [-0.2, 0) is 13.0 Å². The van der Waals surface area contributed by atoms with E-state index in [9.17, 15) is 0 Å². The van der Waals surface area contributed by atoms with Gasteiger partial charge in [-0.3, -0.25) is 0 Å². The van der Waals surface area contributed by atoms with Crippen LogP contribution >= 0.6 is 11.3 Å². The van der Waals surface area contributed by atoms with Gasteiger partial charge < -0.3 is 10.6 Å². The van der Waals surface area contributed by atoms with Crippen molar-refractivity contribution in [2.24, 2.45) is 0 Å². The Labute approximate surface area is 109 Å². The summed E-state index contributed by atoms with van der Waals surface area (Å²) in [7, 11) is 0.